The van der Waals surface area contributed by atoms with Crippen molar-refractivity contribution in [1.29, 1.82) is 10.7 Å². The van der Waals surface area contributed by atoms with Crippen LogP contribution in [0.2, 0.25) is 0 Å². The quantitative estimate of drug-likeness (QED) is 0.313. The van der Waals surface area contributed by atoms with Crippen LogP contribution < -0.4 is 10.2 Å². The Morgan fingerprint density at radius 1 is 1.73 bits per heavy atom. The topological polar surface area (TPSA) is 94.6 Å². The Hall–Kier alpha value is -2.54. The van der Waals surface area contributed by atoms with Crippen LogP contribution in [-0.4, -0.2) is 12.1 Å². The van der Waals surface area contributed by atoms with Gasteiger partial charge in [0.2, 0.25) is 11.2 Å². The Balaban J connectivity index is 2.91. The third-order valence-electron chi connectivity index (χ3n) is 1.60. The lowest BCUT2D eigenvalue weighted by Crippen LogP contribution is -2.11. The summed E-state index contributed by atoms with van der Waals surface area (Å²) in [5, 5.41) is 20.1. The van der Waals surface area contributed by atoms with Gasteiger partial charge in [-0.2, -0.15) is 5.26 Å². The highest BCUT2D eigenvalue weighted by atomic mass is 16.5. The molecular formula is C8H7N4O3+. The van der Waals surface area contributed by atoms with Crippen LogP contribution in [-0.2, 0) is 6.54 Å². The first-order valence-electron chi connectivity index (χ1n) is 3.89. The average molecular weight is 207 g/mol. The lowest BCUT2D eigenvalue weighted by molar-refractivity contribution is 0.359. The minimum Gasteiger partial charge on any atom is -0.490 e. The highest BCUT2D eigenvalue weighted by Gasteiger charge is 2.15. The van der Waals surface area contributed by atoms with E-state index < -0.39 is 0 Å². The van der Waals surface area contributed by atoms with Crippen LogP contribution in [0.25, 0.3) is 5.08 Å². The van der Waals surface area contributed by atoms with Crippen molar-refractivity contribution in [2.75, 3.05) is 7.11 Å². The lowest BCUT2D eigenvalue weighted by atomic mass is 10.3. The molecule has 0 N–H and O–H groups in total. The molecule has 7 nitrogen and oxygen atoms in total. The zero-order valence-corrected chi connectivity index (χ0v) is 7.88. The zero-order chi connectivity index (χ0) is 11.3. The van der Waals surface area contributed by atoms with E-state index in [4.69, 9.17) is 19.8 Å². The molecule has 1 aromatic rings. The van der Waals surface area contributed by atoms with Gasteiger partial charge >= 0.3 is 5.08 Å². The Kier molecular flexibility index (Phi) is 3.25. The van der Waals surface area contributed by atoms with Crippen LogP contribution >= 0.6 is 0 Å². The first-order chi connectivity index (χ1) is 7.21. The molecule has 0 radical (unpaired) electrons. The van der Waals surface area contributed by atoms with E-state index in [1.54, 1.807) is 6.19 Å². The fourth-order valence-electron chi connectivity index (χ4n) is 0.905. The van der Waals surface area contributed by atoms with E-state index >= 15 is 0 Å². The van der Waals surface area contributed by atoms with Crippen LogP contribution in [0, 0.1) is 16.8 Å². The summed E-state index contributed by atoms with van der Waals surface area (Å²) < 4.78 is 9.68. The predicted molar refractivity (Wildman–Crippen MR) is 47.8 cm³/mol. The Morgan fingerprint density at radius 2 is 2.47 bits per heavy atom. The normalized spacial score (nSPS) is 8.73. The Morgan fingerprint density at radius 3 is 2.93 bits per heavy atom. The van der Waals surface area contributed by atoms with E-state index in [-0.39, 0.29) is 23.5 Å². The van der Waals surface area contributed by atoms with Crippen molar-refractivity contribution in [3.8, 4) is 11.9 Å². The molecule has 0 amide bonds. The van der Waals surface area contributed by atoms with Crippen LogP contribution in [0.1, 0.15) is 5.76 Å². The van der Waals surface area contributed by atoms with Gasteiger partial charge in [-0.3, -0.25) is 4.79 Å². The number of rotatable bonds is 3. The Bertz CT molecular complexity index is 468. The molecule has 0 aliphatic heterocycles. The number of hydrogen-bond acceptors (Lipinski definition) is 6. The van der Waals surface area contributed by atoms with Crippen LogP contribution in [0.4, 0.5) is 0 Å². The van der Waals surface area contributed by atoms with E-state index in [0.29, 0.717) is 5.01 Å². The van der Waals surface area contributed by atoms with Crippen molar-refractivity contribution in [3.05, 3.63) is 33.4 Å². The number of diazo groups is 1. The van der Waals surface area contributed by atoms with E-state index in [9.17, 15) is 4.79 Å². The highest BCUT2D eigenvalue weighted by molar-refractivity contribution is 5.17. The standard InChI is InChI=1S/C8H7N4O3/c1-14-8-4-15-6(2-7(8)13)3-12(5-9)11-10/h2,4H,3H2,1H3/q+1. The minimum atomic E-state index is -0.366. The first kappa shape index (κ1) is 10.5. The molecule has 0 atom stereocenters. The summed E-state index contributed by atoms with van der Waals surface area (Å²) in [6.07, 6.45) is 2.70. The third-order valence-corrected chi connectivity index (χ3v) is 1.60. The van der Waals surface area contributed by atoms with Gasteiger partial charge in [-0.15, -0.1) is 0 Å². The number of nitriles is 1. The van der Waals surface area contributed by atoms with Crippen LogP contribution in [0.3, 0.4) is 0 Å². The first-order valence-corrected chi connectivity index (χ1v) is 3.89. The largest absolute Gasteiger partial charge is 0.490 e. The summed E-state index contributed by atoms with van der Waals surface area (Å²) >= 11 is 0. The number of nitrogens with zero attached hydrogens (tertiary/aromatic N) is 4. The lowest BCUT2D eigenvalue weighted by Gasteiger charge is -1.99. The van der Waals surface area contributed by atoms with E-state index in [1.807, 2.05) is 0 Å². The molecule has 0 aliphatic carbocycles. The minimum absolute atomic E-state index is 0.0724. The van der Waals surface area contributed by atoms with Gasteiger partial charge < -0.3 is 9.15 Å². The summed E-state index contributed by atoms with van der Waals surface area (Å²) in [6, 6.07) is 1.16. The van der Waals surface area contributed by atoms with Crippen molar-refractivity contribution in [1.82, 2.24) is 5.01 Å². The molecule has 0 unspecified atom stereocenters. The van der Waals surface area contributed by atoms with Crippen molar-refractivity contribution >= 4 is 0 Å². The predicted octanol–water partition coefficient (Wildman–Crippen LogP) is 0.700. The molecule has 0 spiro atoms. The Labute approximate surface area is 84.7 Å². The maximum absolute atomic E-state index is 11.2. The molecule has 0 aliphatic rings. The summed E-state index contributed by atoms with van der Waals surface area (Å²) in [4.78, 5) is 11.2. The van der Waals surface area contributed by atoms with Crippen molar-refractivity contribution in [2.45, 2.75) is 6.54 Å². The van der Waals surface area contributed by atoms with Crippen LogP contribution in [0.5, 0.6) is 5.75 Å². The molecule has 0 bridgehead atoms. The number of hydrogen-bond donors (Lipinski definition) is 0. The second-order valence-electron chi connectivity index (χ2n) is 2.53. The highest BCUT2D eigenvalue weighted by Crippen LogP contribution is 2.07. The number of methoxy groups -OCH3 is 1. The van der Waals surface area contributed by atoms with Crippen LogP contribution in [0.15, 0.2) is 21.5 Å². The molecule has 1 heterocycles. The molecule has 7 heteroatoms. The van der Waals surface area contributed by atoms with Gasteiger partial charge in [0.1, 0.15) is 12.0 Å². The molecule has 0 aromatic carbocycles. The van der Waals surface area contributed by atoms with Crippen molar-refractivity contribution in [2.24, 2.45) is 0 Å². The van der Waals surface area contributed by atoms with Gasteiger partial charge in [-0.05, 0) is 0 Å². The maximum Gasteiger partial charge on any atom is 0.321 e. The molecule has 15 heavy (non-hydrogen) atoms. The van der Waals surface area contributed by atoms with Gasteiger partial charge in [-0.1, -0.05) is 0 Å². The smallest absolute Gasteiger partial charge is 0.321 e. The van der Waals surface area contributed by atoms with Gasteiger partial charge in [-0.25, -0.2) is 0 Å². The SMILES string of the molecule is COc1coc(CN(C#N)[N+]#N)cc1=O. The maximum atomic E-state index is 11.2. The summed E-state index contributed by atoms with van der Waals surface area (Å²) in [5.41, 5.74) is -0.366. The molecule has 0 saturated heterocycles. The summed E-state index contributed by atoms with van der Waals surface area (Å²) in [5.74, 6) is 0.267. The summed E-state index contributed by atoms with van der Waals surface area (Å²) in [7, 11) is 1.34. The zero-order valence-electron chi connectivity index (χ0n) is 7.88. The molecule has 1 aromatic heterocycles. The molecule has 76 valence electrons. The van der Waals surface area contributed by atoms with Gasteiger partial charge in [0.25, 0.3) is 11.6 Å². The van der Waals surface area contributed by atoms with Crippen molar-refractivity contribution < 1.29 is 9.15 Å². The number of ether oxygens (including phenoxy) is 1. The van der Waals surface area contributed by atoms with E-state index in [1.165, 1.54) is 7.11 Å². The van der Waals surface area contributed by atoms with Gasteiger partial charge in [0.15, 0.2) is 6.54 Å². The second-order valence-corrected chi connectivity index (χ2v) is 2.53. The second kappa shape index (κ2) is 4.63. The molecule has 0 fully saturated rings. The molecule has 0 saturated carbocycles. The fraction of sp³-hybridized carbons (Fsp3) is 0.250. The summed E-state index contributed by atoms with van der Waals surface area (Å²) in [6.45, 7) is -0.119. The third kappa shape index (κ3) is 2.45. The van der Waals surface area contributed by atoms with Gasteiger partial charge in [0.05, 0.1) is 12.1 Å². The molecular weight excluding hydrogens is 200 g/mol. The monoisotopic (exact) mass is 207 g/mol. The van der Waals surface area contributed by atoms with E-state index in [0.717, 1.165) is 12.3 Å². The molecule has 1 rings (SSSR count). The fourth-order valence-corrected chi connectivity index (χ4v) is 0.905. The van der Waals surface area contributed by atoms with E-state index in [2.05, 4.69) is 5.08 Å². The van der Waals surface area contributed by atoms with Crippen molar-refractivity contribution in [3.63, 3.8) is 0 Å². The average Bonchev–Trinajstić information content (AvgIpc) is 2.26. The van der Waals surface area contributed by atoms with Gasteiger partial charge in [0, 0.05) is 6.07 Å².